The van der Waals surface area contributed by atoms with Crippen molar-refractivity contribution in [2.75, 3.05) is 7.11 Å². The Kier molecular flexibility index (Phi) is 5.46. The van der Waals surface area contributed by atoms with Gasteiger partial charge < -0.3 is 9.30 Å². The number of halogens is 2. The Hall–Kier alpha value is -2.15. The summed E-state index contributed by atoms with van der Waals surface area (Å²) in [6.45, 7) is 2.56. The average Bonchev–Trinajstić information content (AvgIpc) is 2.98. The predicted molar refractivity (Wildman–Crippen MR) is 103 cm³/mol. The molecule has 0 aliphatic rings. The van der Waals surface area contributed by atoms with Crippen molar-refractivity contribution in [3.63, 3.8) is 0 Å². The van der Waals surface area contributed by atoms with Gasteiger partial charge in [0.1, 0.15) is 0 Å². The number of aryl methyl sites for hydroxylation is 1. The molecule has 134 valence electrons. The Morgan fingerprint density at radius 2 is 1.81 bits per heavy atom. The summed E-state index contributed by atoms with van der Waals surface area (Å²) in [6.07, 6.45) is 0. The van der Waals surface area contributed by atoms with E-state index in [4.69, 9.17) is 23.2 Å². The molecule has 26 heavy (non-hydrogen) atoms. The SMILES string of the molecule is CCn1c(=NC(=O)c2ccc(C(=O)OC)cc2)sc2cc(Cl)cc(Cl)c21. The fourth-order valence-electron chi connectivity index (χ4n) is 2.53. The van der Waals surface area contributed by atoms with E-state index in [1.807, 2.05) is 11.5 Å². The van der Waals surface area contributed by atoms with Gasteiger partial charge in [0.2, 0.25) is 0 Å². The lowest BCUT2D eigenvalue weighted by atomic mass is 10.1. The van der Waals surface area contributed by atoms with E-state index in [0.29, 0.717) is 32.5 Å². The first-order valence-corrected chi connectivity index (χ1v) is 9.27. The maximum atomic E-state index is 12.5. The zero-order valence-corrected chi connectivity index (χ0v) is 16.3. The standard InChI is InChI=1S/C18H14Cl2N2O3S/c1-3-22-15-13(20)8-12(19)9-14(15)26-18(22)21-16(23)10-4-6-11(7-5-10)17(24)25-2/h4-9H,3H2,1-2H3. The molecule has 0 radical (unpaired) electrons. The van der Waals surface area contributed by atoms with E-state index in [0.717, 1.165) is 10.2 Å². The van der Waals surface area contributed by atoms with Crippen molar-refractivity contribution in [3.8, 4) is 0 Å². The maximum absolute atomic E-state index is 12.5. The molecule has 0 spiro atoms. The first-order chi connectivity index (χ1) is 12.4. The molecule has 5 nitrogen and oxygen atoms in total. The normalized spacial score (nSPS) is 11.8. The number of thiazole rings is 1. The molecule has 0 fully saturated rings. The minimum absolute atomic E-state index is 0.371. The molecule has 0 N–H and O–H groups in total. The van der Waals surface area contributed by atoms with E-state index >= 15 is 0 Å². The molecular weight excluding hydrogens is 395 g/mol. The van der Waals surface area contributed by atoms with Gasteiger partial charge >= 0.3 is 5.97 Å². The minimum atomic E-state index is -0.458. The number of nitrogens with zero attached hydrogens (tertiary/aromatic N) is 2. The number of esters is 1. The number of hydrogen-bond donors (Lipinski definition) is 0. The van der Waals surface area contributed by atoms with Gasteiger partial charge in [0, 0.05) is 17.1 Å². The summed E-state index contributed by atoms with van der Waals surface area (Å²) in [5.41, 5.74) is 1.55. The smallest absolute Gasteiger partial charge is 0.337 e. The van der Waals surface area contributed by atoms with Crippen molar-refractivity contribution in [2.24, 2.45) is 4.99 Å². The Bertz CT molecular complexity index is 1070. The molecular formula is C18H14Cl2N2O3S. The number of hydrogen-bond acceptors (Lipinski definition) is 4. The maximum Gasteiger partial charge on any atom is 0.337 e. The molecule has 0 atom stereocenters. The Balaban J connectivity index is 2.05. The molecule has 2 aromatic carbocycles. The van der Waals surface area contributed by atoms with Gasteiger partial charge in [-0.2, -0.15) is 4.99 Å². The zero-order valence-electron chi connectivity index (χ0n) is 14.0. The number of methoxy groups -OCH3 is 1. The van der Waals surface area contributed by atoms with Crippen molar-refractivity contribution in [1.29, 1.82) is 0 Å². The molecule has 1 amide bonds. The van der Waals surface area contributed by atoms with E-state index in [-0.39, 0.29) is 0 Å². The van der Waals surface area contributed by atoms with Crippen molar-refractivity contribution >= 4 is 56.6 Å². The van der Waals surface area contributed by atoms with Gasteiger partial charge in [0.25, 0.3) is 5.91 Å². The molecule has 3 aromatic rings. The fourth-order valence-corrected chi connectivity index (χ4v) is 4.40. The molecule has 3 rings (SSSR count). The summed E-state index contributed by atoms with van der Waals surface area (Å²) in [6, 6.07) is 9.63. The summed E-state index contributed by atoms with van der Waals surface area (Å²) in [7, 11) is 1.30. The van der Waals surface area contributed by atoms with Crippen LogP contribution in [0.25, 0.3) is 10.2 Å². The van der Waals surface area contributed by atoms with Gasteiger partial charge in [-0.3, -0.25) is 4.79 Å². The largest absolute Gasteiger partial charge is 0.465 e. The number of fused-ring (bicyclic) bond motifs is 1. The molecule has 0 saturated heterocycles. The van der Waals surface area contributed by atoms with Crippen LogP contribution in [0.5, 0.6) is 0 Å². The fraction of sp³-hybridized carbons (Fsp3) is 0.167. The van der Waals surface area contributed by atoms with Crippen LogP contribution >= 0.6 is 34.5 Å². The number of amides is 1. The average molecular weight is 409 g/mol. The minimum Gasteiger partial charge on any atom is -0.465 e. The van der Waals surface area contributed by atoms with Gasteiger partial charge in [-0.1, -0.05) is 34.5 Å². The third-order valence-corrected chi connectivity index (χ3v) is 5.29. The van der Waals surface area contributed by atoms with Crippen LogP contribution in [-0.2, 0) is 11.3 Å². The summed E-state index contributed by atoms with van der Waals surface area (Å²) in [5, 5.41) is 1.05. The van der Waals surface area contributed by atoms with Crippen LogP contribution in [0, 0.1) is 0 Å². The van der Waals surface area contributed by atoms with Crippen molar-refractivity contribution < 1.29 is 14.3 Å². The molecule has 0 aliphatic carbocycles. The van der Waals surface area contributed by atoms with E-state index in [1.165, 1.54) is 30.6 Å². The first kappa shape index (κ1) is 18.6. The van der Waals surface area contributed by atoms with Gasteiger partial charge in [0.15, 0.2) is 4.80 Å². The van der Waals surface area contributed by atoms with Gasteiger partial charge in [-0.05, 0) is 43.3 Å². The van der Waals surface area contributed by atoms with Gasteiger partial charge in [-0.15, -0.1) is 0 Å². The lowest BCUT2D eigenvalue weighted by Crippen LogP contribution is -2.16. The number of aromatic nitrogens is 1. The Morgan fingerprint density at radius 1 is 1.15 bits per heavy atom. The lowest BCUT2D eigenvalue weighted by molar-refractivity contribution is 0.0600. The Morgan fingerprint density at radius 3 is 2.42 bits per heavy atom. The van der Waals surface area contributed by atoms with Crippen LogP contribution in [0.2, 0.25) is 10.0 Å². The topological polar surface area (TPSA) is 60.7 Å². The van der Waals surface area contributed by atoms with Gasteiger partial charge in [-0.25, -0.2) is 4.79 Å². The van der Waals surface area contributed by atoms with Crippen molar-refractivity contribution in [3.05, 3.63) is 62.4 Å². The monoisotopic (exact) mass is 408 g/mol. The lowest BCUT2D eigenvalue weighted by Gasteiger charge is -2.03. The second-order valence-electron chi connectivity index (χ2n) is 5.35. The second-order valence-corrected chi connectivity index (χ2v) is 7.20. The molecule has 0 aliphatic heterocycles. The summed E-state index contributed by atoms with van der Waals surface area (Å²) >= 11 is 13.7. The van der Waals surface area contributed by atoms with Crippen LogP contribution in [-0.4, -0.2) is 23.6 Å². The highest BCUT2D eigenvalue weighted by molar-refractivity contribution is 7.16. The van der Waals surface area contributed by atoms with Crippen LogP contribution in [0.15, 0.2) is 41.4 Å². The van der Waals surface area contributed by atoms with Crippen molar-refractivity contribution in [2.45, 2.75) is 13.5 Å². The summed E-state index contributed by atoms with van der Waals surface area (Å²) in [5.74, 6) is -0.863. The summed E-state index contributed by atoms with van der Waals surface area (Å²) in [4.78, 5) is 28.7. The Labute approximate surface area is 163 Å². The van der Waals surface area contributed by atoms with Crippen molar-refractivity contribution in [1.82, 2.24) is 4.57 Å². The van der Waals surface area contributed by atoms with E-state index in [1.54, 1.807) is 24.3 Å². The van der Waals surface area contributed by atoms with E-state index in [9.17, 15) is 9.59 Å². The highest BCUT2D eigenvalue weighted by Gasteiger charge is 2.13. The highest BCUT2D eigenvalue weighted by atomic mass is 35.5. The molecule has 8 heteroatoms. The third kappa shape index (κ3) is 3.53. The molecule has 1 aromatic heterocycles. The zero-order chi connectivity index (χ0) is 18.8. The number of rotatable bonds is 3. The molecule has 0 saturated carbocycles. The van der Waals surface area contributed by atoms with Gasteiger partial charge in [0.05, 0.1) is 27.9 Å². The number of carbonyl (C=O) groups is 2. The third-order valence-electron chi connectivity index (χ3n) is 3.76. The van der Waals surface area contributed by atoms with Crippen LogP contribution in [0.3, 0.4) is 0 Å². The van der Waals surface area contributed by atoms with Crippen LogP contribution in [0.1, 0.15) is 27.6 Å². The number of ether oxygens (including phenoxy) is 1. The van der Waals surface area contributed by atoms with Crippen LogP contribution in [0.4, 0.5) is 0 Å². The quantitative estimate of drug-likeness (QED) is 0.596. The predicted octanol–water partition coefficient (Wildman–Crippen LogP) is 4.56. The molecule has 0 bridgehead atoms. The number of benzene rings is 2. The van der Waals surface area contributed by atoms with E-state index < -0.39 is 11.9 Å². The van der Waals surface area contributed by atoms with Crippen LogP contribution < -0.4 is 4.80 Å². The summed E-state index contributed by atoms with van der Waals surface area (Å²) < 4.78 is 7.38. The number of carbonyl (C=O) groups excluding carboxylic acids is 2. The highest BCUT2D eigenvalue weighted by Crippen LogP contribution is 2.29. The first-order valence-electron chi connectivity index (χ1n) is 7.70. The van der Waals surface area contributed by atoms with E-state index in [2.05, 4.69) is 9.73 Å². The molecule has 1 heterocycles. The molecule has 0 unspecified atom stereocenters. The second kappa shape index (κ2) is 7.61.